The molecule has 0 aliphatic rings. The van der Waals surface area contributed by atoms with Gasteiger partial charge in [-0.15, -0.1) is 0 Å². The molecular weight excluding hydrogens is 373 g/mol. The summed E-state index contributed by atoms with van der Waals surface area (Å²) in [5, 5.41) is 3.59. The Kier molecular flexibility index (Phi) is 6.51. The second-order valence-electron chi connectivity index (χ2n) is 5.01. The fourth-order valence-corrected chi connectivity index (χ4v) is 2.83. The lowest BCUT2D eigenvalue weighted by molar-refractivity contribution is 0.449. The second kappa shape index (κ2) is 8.39. The maximum absolute atomic E-state index is 6.11. The smallest absolute Gasteiger partial charge is 0.132 e. The molecule has 0 aliphatic carbocycles. The Morgan fingerprint density at radius 3 is 2.62 bits per heavy atom. The second-order valence-corrected chi connectivity index (χ2v) is 6.26. The minimum Gasteiger partial charge on any atom is -0.457 e. The van der Waals surface area contributed by atoms with Gasteiger partial charge >= 0.3 is 0 Å². The van der Waals surface area contributed by atoms with Gasteiger partial charge in [-0.05, 0) is 66.2 Å². The Morgan fingerprint density at radius 1 is 1.10 bits per heavy atom. The van der Waals surface area contributed by atoms with Crippen LogP contribution in [0.3, 0.4) is 0 Å². The van der Waals surface area contributed by atoms with E-state index in [1.54, 1.807) is 0 Å². The number of nitrogens with one attached hydrogen (secondary N) is 1. The van der Waals surface area contributed by atoms with E-state index < -0.39 is 0 Å². The van der Waals surface area contributed by atoms with Crippen molar-refractivity contribution < 1.29 is 4.74 Å². The standard InChI is InChI=1S/C18H22INO/c1-3-12-20-17(4-2)16-10-5-6-11-18(16)21-15-9-7-8-14(19)13-15/h5-11,13,17,20H,3-4,12H2,1-2H3. The summed E-state index contributed by atoms with van der Waals surface area (Å²) in [6, 6.07) is 16.8. The summed E-state index contributed by atoms with van der Waals surface area (Å²) in [7, 11) is 0. The molecule has 0 saturated heterocycles. The van der Waals surface area contributed by atoms with Crippen LogP contribution in [-0.4, -0.2) is 6.54 Å². The van der Waals surface area contributed by atoms with Crippen molar-refractivity contribution in [1.29, 1.82) is 0 Å². The van der Waals surface area contributed by atoms with Gasteiger partial charge in [0.15, 0.2) is 0 Å². The van der Waals surface area contributed by atoms with Crippen LogP contribution in [0.2, 0.25) is 0 Å². The van der Waals surface area contributed by atoms with Crippen LogP contribution in [0.15, 0.2) is 48.5 Å². The number of ether oxygens (including phenoxy) is 1. The van der Waals surface area contributed by atoms with Crippen molar-refractivity contribution in [3.8, 4) is 11.5 Å². The van der Waals surface area contributed by atoms with E-state index >= 15 is 0 Å². The first-order valence-electron chi connectivity index (χ1n) is 7.50. The van der Waals surface area contributed by atoms with Crippen molar-refractivity contribution in [3.63, 3.8) is 0 Å². The zero-order chi connectivity index (χ0) is 15.1. The highest BCUT2D eigenvalue weighted by molar-refractivity contribution is 14.1. The molecule has 0 bridgehead atoms. The van der Waals surface area contributed by atoms with Crippen LogP contribution in [0.4, 0.5) is 0 Å². The van der Waals surface area contributed by atoms with Gasteiger partial charge < -0.3 is 10.1 Å². The van der Waals surface area contributed by atoms with Gasteiger partial charge in [-0.25, -0.2) is 0 Å². The Labute approximate surface area is 141 Å². The van der Waals surface area contributed by atoms with Crippen LogP contribution < -0.4 is 10.1 Å². The number of benzene rings is 2. The average molecular weight is 395 g/mol. The predicted molar refractivity (Wildman–Crippen MR) is 97.0 cm³/mol. The van der Waals surface area contributed by atoms with Crippen molar-refractivity contribution in [2.45, 2.75) is 32.7 Å². The number of rotatable bonds is 7. The fraction of sp³-hybridized carbons (Fsp3) is 0.333. The van der Waals surface area contributed by atoms with E-state index in [9.17, 15) is 0 Å². The monoisotopic (exact) mass is 395 g/mol. The molecule has 1 unspecified atom stereocenters. The van der Waals surface area contributed by atoms with Crippen LogP contribution in [0, 0.1) is 3.57 Å². The van der Waals surface area contributed by atoms with Crippen LogP contribution in [0.25, 0.3) is 0 Å². The van der Waals surface area contributed by atoms with Gasteiger partial charge in [-0.2, -0.15) is 0 Å². The molecule has 2 aromatic carbocycles. The molecule has 0 fully saturated rings. The summed E-state index contributed by atoms with van der Waals surface area (Å²) in [5.74, 6) is 1.83. The molecule has 112 valence electrons. The molecule has 1 N–H and O–H groups in total. The Balaban J connectivity index is 2.23. The molecule has 21 heavy (non-hydrogen) atoms. The highest BCUT2D eigenvalue weighted by Gasteiger charge is 2.14. The van der Waals surface area contributed by atoms with Gasteiger partial charge in [0.05, 0.1) is 0 Å². The van der Waals surface area contributed by atoms with Gasteiger partial charge in [-0.1, -0.05) is 38.1 Å². The van der Waals surface area contributed by atoms with E-state index in [4.69, 9.17) is 4.74 Å². The summed E-state index contributed by atoms with van der Waals surface area (Å²) in [4.78, 5) is 0. The minimum absolute atomic E-state index is 0.337. The zero-order valence-electron chi connectivity index (χ0n) is 12.6. The highest BCUT2D eigenvalue weighted by Crippen LogP contribution is 2.31. The maximum Gasteiger partial charge on any atom is 0.132 e. The van der Waals surface area contributed by atoms with Gasteiger partial charge in [-0.3, -0.25) is 0 Å². The maximum atomic E-state index is 6.11. The molecule has 2 aromatic rings. The van der Waals surface area contributed by atoms with E-state index in [2.05, 4.69) is 66.0 Å². The van der Waals surface area contributed by atoms with Crippen molar-refractivity contribution in [3.05, 3.63) is 57.7 Å². The van der Waals surface area contributed by atoms with E-state index in [1.807, 2.05) is 24.3 Å². The van der Waals surface area contributed by atoms with Crippen LogP contribution in [0.1, 0.15) is 38.3 Å². The largest absolute Gasteiger partial charge is 0.457 e. The van der Waals surface area contributed by atoms with E-state index in [0.29, 0.717) is 6.04 Å². The molecule has 0 aromatic heterocycles. The van der Waals surface area contributed by atoms with Gasteiger partial charge in [0.25, 0.3) is 0 Å². The first-order valence-corrected chi connectivity index (χ1v) is 8.58. The molecule has 2 nitrogen and oxygen atoms in total. The molecule has 3 heteroatoms. The molecule has 0 heterocycles. The van der Waals surface area contributed by atoms with Crippen molar-refractivity contribution in [2.75, 3.05) is 6.54 Å². The lowest BCUT2D eigenvalue weighted by Gasteiger charge is -2.20. The van der Waals surface area contributed by atoms with E-state index in [1.165, 1.54) is 9.13 Å². The minimum atomic E-state index is 0.337. The Bertz CT molecular complexity index is 571. The molecule has 0 amide bonds. The molecule has 0 spiro atoms. The molecule has 2 rings (SSSR count). The molecule has 1 atom stereocenters. The van der Waals surface area contributed by atoms with Crippen molar-refractivity contribution in [1.82, 2.24) is 5.32 Å². The van der Waals surface area contributed by atoms with E-state index in [0.717, 1.165) is 30.9 Å². The number of hydrogen-bond donors (Lipinski definition) is 1. The third-order valence-electron chi connectivity index (χ3n) is 3.37. The molecule has 0 saturated carbocycles. The molecule has 0 radical (unpaired) electrons. The molecule has 0 aliphatic heterocycles. The zero-order valence-corrected chi connectivity index (χ0v) is 14.8. The summed E-state index contributed by atoms with van der Waals surface area (Å²) in [6.45, 7) is 5.42. The third-order valence-corrected chi connectivity index (χ3v) is 4.04. The quantitative estimate of drug-likeness (QED) is 0.622. The van der Waals surface area contributed by atoms with Gasteiger partial charge in [0, 0.05) is 15.2 Å². The summed E-state index contributed by atoms with van der Waals surface area (Å²) >= 11 is 2.30. The van der Waals surface area contributed by atoms with E-state index in [-0.39, 0.29) is 0 Å². The average Bonchev–Trinajstić information content (AvgIpc) is 2.49. The number of halogens is 1. The van der Waals surface area contributed by atoms with Crippen LogP contribution >= 0.6 is 22.6 Å². The Hall–Kier alpha value is -1.07. The SMILES string of the molecule is CCCNC(CC)c1ccccc1Oc1cccc(I)c1. The lowest BCUT2D eigenvalue weighted by Crippen LogP contribution is -2.21. The summed E-state index contributed by atoms with van der Waals surface area (Å²) in [5.41, 5.74) is 1.23. The topological polar surface area (TPSA) is 21.3 Å². The number of hydrogen-bond acceptors (Lipinski definition) is 2. The van der Waals surface area contributed by atoms with Crippen molar-refractivity contribution in [2.24, 2.45) is 0 Å². The first kappa shape index (κ1) is 16.3. The fourth-order valence-electron chi connectivity index (χ4n) is 2.31. The first-order chi connectivity index (χ1) is 10.2. The summed E-state index contributed by atoms with van der Waals surface area (Å²) in [6.07, 6.45) is 2.18. The normalized spacial score (nSPS) is 12.1. The summed E-state index contributed by atoms with van der Waals surface area (Å²) < 4.78 is 7.29. The van der Waals surface area contributed by atoms with Gasteiger partial charge in [0.1, 0.15) is 11.5 Å². The molecular formula is C18H22INO. The third kappa shape index (κ3) is 4.71. The predicted octanol–water partition coefficient (Wildman–Crippen LogP) is 5.53. The van der Waals surface area contributed by atoms with Crippen LogP contribution in [-0.2, 0) is 0 Å². The van der Waals surface area contributed by atoms with Crippen LogP contribution in [0.5, 0.6) is 11.5 Å². The highest BCUT2D eigenvalue weighted by atomic mass is 127. The number of para-hydroxylation sites is 1. The Morgan fingerprint density at radius 2 is 1.90 bits per heavy atom. The van der Waals surface area contributed by atoms with Crippen molar-refractivity contribution >= 4 is 22.6 Å². The van der Waals surface area contributed by atoms with Gasteiger partial charge in [0.2, 0.25) is 0 Å². The lowest BCUT2D eigenvalue weighted by atomic mass is 10.0.